The summed E-state index contributed by atoms with van der Waals surface area (Å²) in [6, 6.07) is 13.9. The Morgan fingerprint density at radius 2 is 1.92 bits per heavy atom. The first-order chi connectivity index (χ1) is 12.2. The van der Waals surface area contributed by atoms with Gasteiger partial charge in [0.05, 0.1) is 18.8 Å². The zero-order valence-electron chi connectivity index (χ0n) is 14.8. The number of methoxy groups -OCH3 is 1. The number of ether oxygens (including phenoxy) is 1. The highest BCUT2D eigenvalue weighted by molar-refractivity contribution is 5.84. The lowest BCUT2D eigenvalue weighted by Gasteiger charge is -2.19. The van der Waals surface area contributed by atoms with Crippen molar-refractivity contribution in [1.29, 1.82) is 0 Å². The molecule has 0 amide bonds. The standard InChI is InChI=1S/C22H22FNO/c1-4-6-15-7-9-16(10-8-15)18(5-2)22-19-13-17(25-3)11-12-21(19)24-14-20(22)23/h4,6-14,18H,5H2,1-3H3/b6-4+. The maximum absolute atomic E-state index is 14.8. The predicted octanol–water partition coefficient (Wildman–Crippen LogP) is 5.96. The summed E-state index contributed by atoms with van der Waals surface area (Å²) < 4.78 is 20.1. The molecule has 0 radical (unpaired) electrons. The molecule has 1 unspecified atom stereocenters. The molecule has 3 rings (SSSR count). The third kappa shape index (κ3) is 3.41. The van der Waals surface area contributed by atoms with Gasteiger partial charge >= 0.3 is 0 Å². The van der Waals surface area contributed by atoms with Gasteiger partial charge in [0, 0.05) is 16.9 Å². The predicted molar refractivity (Wildman–Crippen MR) is 102 cm³/mol. The van der Waals surface area contributed by atoms with E-state index in [4.69, 9.17) is 4.74 Å². The molecule has 0 spiro atoms. The first-order valence-corrected chi connectivity index (χ1v) is 8.52. The number of nitrogens with zero attached hydrogens (tertiary/aromatic N) is 1. The van der Waals surface area contributed by atoms with Crippen LogP contribution in [0.2, 0.25) is 0 Å². The zero-order chi connectivity index (χ0) is 17.8. The molecule has 0 aliphatic carbocycles. The van der Waals surface area contributed by atoms with Crippen molar-refractivity contribution < 1.29 is 9.13 Å². The first kappa shape index (κ1) is 17.2. The van der Waals surface area contributed by atoms with Crippen molar-refractivity contribution in [3.05, 3.63) is 77.2 Å². The van der Waals surface area contributed by atoms with E-state index in [0.717, 1.165) is 28.5 Å². The highest BCUT2D eigenvalue weighted by Crippen LogP contribution is 2.35. The Kier molecular flexibility index (Phi) is 5.13. The first-order valence-electron chi connectivity index (χ1n) is 8.52. The molecule has 2 aromatic carbocycles. The van der Waals surface area contributed by atoms with Crippen molar-refractivity contribution in [2.45, 2.75) is 26.2 Å². The molecular weight excluding hydrogens is 313 g/mol. The van der Waals surface area contributed by atoms with Gasteiger partial charge in [-0.3, -0.25) is 4.98 Å². The van der Waals surface area contributed by atoms with Crippen LogP contribution in [0.5, 0.6) is 5.75 Å². The Hall–Kier alpha value is -2.68. The average Bonchev–Trinajstić information content (AvgIpc) is 2.65. The van der Waals surface area contributed by atoms with Gasteiger partial charge in [0.2, 0.25) is 0 Å². The molecule has 0 saturated heterocycles. The van der Waals surface area contributed by atoms with Gasteiger partial charge in [0.15, 0.2) is 0 Å². The van der Waals surface area contributed by atoms with E-state index in [-0.39, 0.29) is 11.7 Å². The quantitative estimate of drug-likeness (QED) is 0.574. The molecule has 0 bridgehead atoms. The van der Waals surface area contributed by atoms with Crippen LogP contribution in [-0.2, 0) is 0 Å². The van der Waals surface area contributed by atoms with Gasteiger partial charge in [-0.1, -0.05) is 43.3 Å². The van der Waals surface area contributed by atoms with E-state index in [1.54, 1.807) is 7.11 Å². The summed E-state index contributed by atoms with van der Waals surface area (Å²) >= 11 is 0. The second-order valence-electron chi connectivity index (χ2n) is 6.03. The summed E-state index contributed by atoms with van der Waals surface area (Å²) in [5.41, 5.74) is 3.71. The Labute approximate surface area is 148 Å². The van der Waals surface area contributed by atoms with Gasteiger partial charge in [-0.25, -0.2) is 4.39 Å². The fraction of sp³-hybridized carbons (Fsp3) is 0.227. The van der Waals surface area contributed by atoms with Crippen LogP contribution >= 0.6 is 0 Å². The van der Waals surface area contributed by atoms with E-state index in [1.807, 2.05) is 31.2 Å². The molecule has 0 N–H and O–H groups in total. The third-order valence-electron chi connectivity index (χ3n) is 4.52. The van der Waals surface area contributed by atoms with Crippen molar-refractivity contribution in [2.75, 3.05) is 7.11 Å². The van der Waals surface area contributed by atoms with Gasteiger partial charge in [-0.05, 0) is 42.7 Å². The van der Waals surface area contributed by atoms with E-state index in [9.17, 15) is 4.39 Å². The van der Waals surface area contributed by atoms with E-state index < -0.39 is 0 Å². The number of benzene rings is 2. The lowest BCUT2D eigenvalue weighted by Crippen LogP contribution is -2.05. The van der Waals surface area contributed by atoms with Gasteiger partial charge in [0.1, 0.15) is 11.6 Å². The molecular formula is C22H22FNO. The molecule has 128 valence electrons. The fourth-order valence-electron chi connectivity index (χ4n) is 3.29. The topological polar surface area (TPSA) is 22.1 Å². The van der Waals surface area contributed by atoms with Gasteiger partial charge in [-0.15, -0.1) is 0 Å². The number of pyridine rings is 1. The number of fused-ring (bicyclic) bond motifs is 1. The number of rotatable bonds is 5. The molecule has 1 atom stereocenters. The van der Waals surface area contributed by atoms with E-state index in [2.05, 4.69) is 42.2 Å². The molecule has 1 heterocycles. The lowest BCUT2D eigenvalue weighted by molar-refractivity contribution is 0.415. The number of halogens is 1. The molecule has 1 aromatic heterocycles. The third-order valence-corrected chi connectivity index (χ3v) is 4.52. The second kappa shape index (κ2) is 7.47. The molecule has 2 nitrogen and oxygen atoms in total. The average molecular weight is 335 g/mol. The van der Waals surface area contributed by atoms with Crippen LogP contribution in [-0.4, -0.2) is 12.1 Å². The zero-order valence-corrected chi connectivity index (χ0v) is 14.8. The van der Waals surface area contributed by atoms with Crippen molar-refractivity contribution in [2.24, 2.45) is 0 Å². The molecule has 0 aliphatic heterocycles. The molecule has 3 heteroatoms. The minimum atomic E-state index is -0.273. The largest absolute Gasteiger partial charge is 0.497 e. The van der Waals surface area contributed by atoms with E-state index >= 15 is 0 Å². The lowest BCUT2D eigenvalue weighted by atomic mass is 9.86. The fourth-order valence-corrected chi connectivity index (χ4v) is 3.29. The molecule has 3 aromatic rings. The van der Waals surface area contributed by atoms with Gasteiger partial charge < -0.3 is 4.74 Å². The van der Waals surface area contributed by atoms with E-state index in [0.29, 0.717) is 11.3 Å². The highest BCUT2D eigenvalue weighted by Gasteiger charge is 2.20. The normalized spacial score (nSPS) is 12.6. The summed E-state index contributed by atoms with van der Waals surface area (Å²) in [6.45, 7) is 4.07. The van der Waals surface area contributed by atoms with Crippen LogP contribution in [0.25, 0.3) is 17.0 Å². The van der Waals surface area contributed by atoms with Crippen LogP contribution in [0.1, 0.15) is 42.9 Å². The molecule has 0 fully saturated rings. The Bertz CT molecular complexity index is 900. The van der Waals surface area contributed by atoms with Crippen molar-refractivity contribution in [3.63, 3.8) is 0 Å². The summed E-state index contributed by atoms with van der Waals surface area (Å²) in [4.78, 5) is 4.23. The summed E-state index contributed by atoms with van der Waals surface area (Å²) in [5, 5.41) is 0.809. The second-order valence-corrected chi connectivity index (χ2v) is 6.03. The van der Waals surface area contributed by atoms with Crippen LogP contribution in [0, 0.1) is 5.82 Å². The number of aromatic nitrogens is 1. The summed E-state index contributed by atoms with van der Waals surface area (Å²) in [5.74, 6) is 0.404. The minimum Gasteiger partial charge on any atom is -0.497 e. The number of allylic oxidation sites excluding steroid dienone is 1. The summed E-state index contributed by atoms with van der Waals surface area (Å²) in [6.07, 6.45) is 6.18. The van der Waals surface area contributed by atoms with E-state index in [1.165, 1.54) is 6.20 Å². The molecule has 0 aliphatic rings. The van der Waals surface area contributed by atoms with Crippen LogP contribution in [0.4, 0.5) is 4.39 Å². The Morgan fingerprint density at radius 3 is 2.56 bits per heavy atom. The monoisotopic (exact) mass is 335 g/mol. The van der Waals surface area contributed by atoms with Crippen molar-refractivity contribution in [1.82, 2.24) is 4.98 Å². The summed E-state index contributed by atoms with van der Waals surface area (Å²) in [7, 11) is 1.62. The van der Waals surface area contributed by atoms with Crippen LogP contribution < -0.4 is 4.74 Å². The maximum Gasteiger partial charge on any atom is 0.145 e. The molecule has 25 heavy (non-hydrogen) atoms. The number of hydrogen-bond acceptors (Lipinski definition) is 2. The Morgan fingerprint density at radius 1 is 1.16 bits per heavy atom. The molecule has 0 saturated carbocycles. The Balaban J connectivity index is 2.15. The van der Waals surface area contributed by atoms with Crippen molar-refractivity contribution in [3.8, 4) is 5.75 Å². The number of hydrogen-bond donors (Lipinski definition) is 0. The van der Waals surface area contributed by atoms with Crippen LogP contribution in [0.15, 0.2) is 54.7 Å². The van der Waals surface area contributed by atoms with Crippen molar-refractivity contribution >= 4 is 17.0 Å². The highest BCUT2D eigenvalue weighted by atomic mass is 19.1. The van der Waals surface area contributed by atoms with Crippen LogP contribution in [0.3, 0.4) is 0 Å². The SMILES string of the molecule is C/C=C/c1ccc(C(CC)c2c(F)cnc3ccc(OC)cc23)cc1. The maximum atomic E-state index is 14.8. The van der Waals surface area contributed by atoms with Gasteiger partial charge in [0.25, 0.3) is 0 Å². The smallest absolute Gasteiger partial charge is 0.145 e. The minimum absolute atomic E-state index is 0.0303. The van der Waals surface area contributed by atoms with Gasteiger partial charge in [-0.2, -0.15) is 0 Å².